The van der Waals surface area contributed by atoms with Crippen LogP contribution in [0.15, 0.2) is 12.1 Å². The number of rotatable bonds is 2. The third-order valence-corrected chi connectivity index (χ3v) is 4.71. The Balaban J connectivity index is 1.84. The monoisotopic (exact) mass is 289 g/mol. The summed E-state index contributed by atoms with van der Waals surface area (Å²) in [5.41, 5.74) is 0.550. The number of amides is 1. The highest BCUT2D eigenvalue weighted by molar-refractivity contribution is 5.91. The molecule has 1 aliphatic carbocycles. The van der Waals surface area contributed by atoms with Crippen LogP contribution in [0.1, 0.15) is 42.6 Å². The fourth-order valence-electron chi connectivity index (χ4n) is 3.58. The molecule has 1 aromatic heterocycles. The summed E-state index contributed by atoms with van der Waals surface area (Å²) in [4.78, 5) is 14.0. The number of nitrogens with zero attached hydrogens (tertiary/aromatic N) is 3. The average Bonchev–Trinajstić information content (AvgIpc) is 2.55. The normalized spacial score (nSPS) is 21.3. The van der Waals surface area contributed by atoms with Gasteiger partial charge < -0.3 is 15.5 Å². The van der Waals surface area contributed by atoms with Gasteiger partial charge in [0.1, 0.15) is 0 Å². The van der Waals surface area contributed by atoms with Crippen molar-refractivity contribution >= 4 is 11.7 Å². The molecule has 0 unspecified atom stereocenters. The smallest absolute Gasteiger partial charge is 0.271 e. The van der Waals surface area contributed by atoms with Crippen molar-refractivity contribution in [1.29, 1.82) is 0 Å². The van der Waals surface area contributed by atoms with E-state index >= 15 is 0 Å². The molecule has 1 aromatic rings. The second-order valence-electron chi connectivity index (χ2n) is 5.97. The number of hydrogen-bond acceptors (Lipinski definition) is 5. The molecule has 0 radical (unpaired) electrons. The Labute approximate surface area is 125 Å². The summed E-state index contributed by atoms with van der Waals surface area (Å²) in [6, 6.07) is 3.69. The van der Waals surface area contributed by atoms with Gasteiger partial charge in [-0.05, 0) is 25.0 Å². The van der Waals surface area contributed by atoms with E-state index in [1.165, 1.54) is 32.1 Å². The van der Waals surface area contributed by atoms with E-state index in [4.69, 9.17) is 0 Å². The zero-order valence-electron chi connectivity index (χ0n) is 12.6. The number of hydrogen-bond donors (Lipinski definition) is 2. The van der Waals surface area contributed by atoms with E-state index in [0.29, 0.717) is 5.69 Å². The van der Waals surface area contributed by atoms with Crippen LogP contribution in [0.25, 0.3) is 0 Å². The first-order chi connectivity index (χ1) is 10.2. The topological polar surface area (TPSA) is 70.2 Å². The zero-order valence-corrected chi connectivity index (χ0v) is 12.6. The molecule has 3 rings (SSSR count). The minimum Gasteiger partial charge on any atom is -0.354 e. The maximum atomic E-state index is 11.6. The van der Waals surface area contributed by atoms with Crippen molar-refractivity contribution in [3.05, 3.63) is 17.8 Å². The first-order valence-electron chi connectivity index (χ1n) is 7.79. The van der Waals surface area contributed by atoms with E-state index in [-0.39, 0.29) is 11.4 Å². The molecule has 1 amide bonds. The Morgan fingerprint density at radius 1 is 1.29 bits per heavy atom. The van der Waals surface area contributed by atoms with Gasteiger partial charge in [-0.1, -0.05) is 19.3 Å². The van der Waals surface area contributed by atoms with Crippen LogP contribution in [0.2, 0.25) is 0 Å². The zero-order chi connectivity index (χ0) is 14.7. The Morgan fingerprint density at radius 3 is 2.76 bits per heavy atom. The van der Waals surface area contributed by atoms with Crippen LogP contribution in [-0.4, -0.2) is 48.3 Å². The fraction of sp³-hybridized carbons (Fsp3) is 0.667. The Bertz CT molecular complexity index is 487. The van der Waals surface area contributed by atoms with Gasteiger partial charge in [0.25, 0.3) is 5.91 Å². The predicted octanol–water partition coefficient (Wildman–Crippen LogP) is 0.949. The molecular formula is C15H23N5O. The van der Waals surface area contributed by atoms with Crippen molar-refractivity contribution in [2.75, 3.05) is 31.6 Å². The second-order valence-corrected chi connectivity index (χ2v) is 5.97. The van der Waals surface area contributed by atoms with Gasteiger partial charge >= 0.3 is 0 Å². The predicted molar refractivity (Wildman–Crippen MR) is 81.5 cm³/mol. The molecule has 1 saturated carbocycles. The van der Waals surface area contributed by atoms with E-state index in [0.717, 1.165) is 25.5 Å². The first-order valence-corrected chi connectivity index (χ1v) is 7.79. The third kappa shape index (κ3) is 2.72. The Kier molecular flexibility index (Phi) is 4.05. The van der Waals surface area contributed by atoms with Crippen molar-refractivity contribution in [3.63, 3.8) is 0 Å². The van der Waals surface area contributed by atoms with Gasteiger partial charge in [0.05, 0.1) is 5.54 Å². The molecule has 0 aromatic carbocycles. The van der Waals surface area contributed by atoms with Gasteiger partial charge in [-0.25, -0.2) is 0 Å². The number of carbonyl (C=O) groups is 1. The quantitative estimate of drug-likeness (QED) is 0.848. The highest BCUT2D eigenvalue weighted by Gasteiger charge is 2.40. The van der Waals surface area contributed by atoms with Crippen LogP contribution in [0.4, 0.5) is 5.82 Å². The lowest BCUT2D eigenvalue weighted by Crippen LogP contribution is -2.62. The molecule has 0 atom stereocenters. The van der Waals surface area contributed by atoms with E-state index in [1.807, 2.05) is 6.07 Å². The maximum absolute atomic E-state index is 11.6. The van der Waals surface area contributed by atoms with Gasteiger partial charge in [0, 0.05) is 26.7 Å². The lowest BCUT2D eigenvalue weighted by atomic mass is 9.79. The molecule has 6 heteroatoms. The SMILES string of the molecule is CNC(=O)c1ccc(N2CCNCC23CCCCC3)nn1. The van der Waals surface area contributed by atoms with E-state index < -0.39 is 0 Å². The van der Waals surface area contributed by atoms with Gasteiger partial charge in [0.15, 0.2) is 11.5 Å². The minimum absolute atomic E-state index is 0.180. The van der Waals surface area contributed by atoms with Crippen molar-refractivity contribution in [2.45, 2.75) is 37.6 Å². The summed E-state index contributed by atoms with van der Waals surface area (Å²) >= 11 is 0. The summed E-state index contributed by atoms with van der Waals surface area (Å²) in [6.07, 6.45) is 6.30. The Morgan fingerprint density at radius 2 is 2.10 bits per heavy atom. The third-order valence-electron chi connectivity index (χ3n) is 4.71. The second kappa shape index (κ2) is 5.97. The van der Waals surface area contributed by atoms with Gasteiger partial charge in [-0.3, -0.25) is 4.79 Å². The Hall–Kier alpha value is -1.69. The standard InChI is InChI=1S/C15H23N5O/c1-16-14(21)12-5-6-13(19-18-12)20-10-9-17-11-15(20)7-3-2-4-8-15/h5-6,17H,2-4,7-11H2,1H3,(H,16,21). The van der Waals surface area contributed by atoms with Crippen LogP contribution in [0.5, 0.6) is 0 Å². The highest BCUT2D eigenvalue weighted by atomic mass is 16.1. The molecule has 114 valence electrons. The summed E-state index contributed by atoms with van der Waals surface area (Å²) < 4.78 is 0. The first kappa shape index (κ1) is 14.3. The summed E-state index contributed by atoms with van der Waals surface area (Å²) in [5.74, 6) is 0.702. The number of anilines is 1. The lowest BCUT2D eigenvalue weighted by Gasteiger charge is -2.50. The van der Waals surface area contributed by atoms with Crippen molar-refractivity contribution in [1.82, 2.24) is 20.8 Å². The number of nitrogens with one attached hydrogen (secondary N) is 2. The van der Waals surface area contributed by atoms with Crippen LogP contribution in [0.3, 0.4) is 0 Å². The molecule has 2 heterocycles. The molecule has 2 aliphatic rings. The van der Waals surface area contributed by atoms with E-state index in [9.17, 15) is 4.79 Å². The van der Waals surface area contributed by atoms with Gasteiger partial charge in [0.2, 0.25) is 0 Å². The number of piperazine rings is 1. The van der Waals surface area contributed by atoms with Crippen molar-refractivity contribution < 1.29 is 4.79 Å². The summed E-state index contributed by atoms with van der Waals surface area (Å²) in [7, 11) is 1.60. The molecule has 1 spiro atoms. The van der Waals surface area contributed by atoms with Crippen molar-refractivity contribution in [2.24, 2.45) is 0 Å². The van der Waals surface area contributed by atoms with Crippen LogP contribution in [0, 0.1) is 0 Å². The van der Waals surface area contributed by atoms with Crippen LogP contribution >= 0.6 is 0 Å². The molecule has 6 nitrogen and oxygen atoms in total. The van der Waals surface area contributed by atoms with Crippen LogP contribution in [-0.2, 0) is 0 Å². The molecule has 1 saturated heterocycles. The van der Waals surface area contributed by atoms with Crippen molar-refractivity contribution in [3.8, 4) is 0 Å². The number of carbonyl (C=O) groups excluding carboxylic acids is 1. The largest absolute Gasteiger partial charge is 0.354 e. The summed E-state index contributed by atoms with van der Waals surface area (Å²) in [5, 5.41) is 14.5. The average molecular weight is 289 g/mol. The van der Waals surface area contributed by atoms with E-state index in [2.05, 4.69) is 25.7 Å². The van der Waals surface area contributed by atoms with E-state index in [1.54, 1.807) is 13.1 Å². The molecule has 2 fully saturated rings. The van der Waals surface area contributed by atoms with Crippen LogP contribution < -0.4 is 15.5 Å². The molecule has 1 aliphatic heterocycles. The fourth-order valence-corrected chi connectivity index (χ4v) is 3.58. The maximum Gasteiger partial charge on any atom is 0.271 e. The number of aromatic nitrogens is 2. The van der Waals surface area contributed by atoms with Gasteiger partial charge in [-0.15, -0.1) is 10.2 Å². The molecular weight excluding hydrogens is 266 g/mol. The van der Waals surface area contributed by atoms with Gasteiger partial charge in [-0.2, -0.15) is 0 Å². The summed E-state index contributed by atoms with van der Waals surface area (Å²) in [6.45, 7) is 2.94. The molecule has 0 bridgehead atoms. The lowest BCUT2D eigenvalue weighted by molar-refractivity contribution is 0.0957. The highest BCUT2D eigenvalue weighted by Crippen LogP contribution is 2.36. The molecule has 21 heavy (non-hydrogen) atoms. The minimum atomic E-state index is -0.193. The molecule has 2 N–H and O–H groups in total.